The highest BCUT2D eigenvalue weighted by Gasteiger charge is 2.30. The van der Waals surface area contributed by atoms with Gasteiger partial charge in [-0.15, -0.1) is 0 Å². The lowest BCUT2D eigenvalue weighted by atomic mass is 10.1. The molecule has 1 aliphatic rings. The summed E-state index contributed by atoms with van der Waals surface area (Å²) in [7, 11) is 0. The number of para-hydroxylation sites is 1. The lowest BCUT2D eigenvalue weighted by Crippen LogP contribution is -2.40. The molecule has 1 fully saturated rings. The van der Waals surface area contributed by atoms with Gasteiger partial charge in [-0.1, -0.05) is 30.3 Å². The molecule has 8 heteroatoms. The van der Waals surface area contributed by atoms with Crippen LogP contribution in [0.25, 0.3) is 10.9 Å². The van der Waals surface area contributed by atoms with Crippen molar-refractivity contribution in [2.45, 2.75) is 12.7 Å². The van der Waals surface area contributed by atoms with E-state index in [-0.39, 0.29) is 12.5 Å². The Labute approximate surface area is 171 Å². The maximum atomic E-state index is 13.1. The van der Waals surface area contributed by atoms with Gasteiger partial charge in [0, 0.05) is 25.0 Å². The van der Waals surface area contributed by atoms with Crippen LogP contribution in [0.2, 0.25) is 0 Å². The van der Waals surface area contributed by atoms with Crippen LogP contribution < -0.4 is 5.32 Å². The summed E-state index contributed by atoms with van der Waals surface area (Å²) in [6, 6.07) is 14.1. The van der Waals surface area contributed by atoms with Gasteiger partial charge >= 0.3 is 6.18 Å². The number of amides is 1. The zero-order valence-electron chi connectivity index (χ0n) is 16.1. The second kappa shape index (κ2) is 8.31. The van der Waals surface area contributed by atoms with E-state index < -0.39 is 11.7 Å². The van der Waals surface area contributed by atoms with Crippen molar-refractivity contribution in [3.05, 3.63) is 71.3 Å². The highest BCUT2D eigenvalue weighted by atomic mass is 19.4. The fourth-order valence-corrected chi connectivity index (χ4v) is 3.43. The zero-order chi connectivity index (χ0) is 21.1. The zero-order valence-corrected chi connectivity index (χ0v) is 16.1. The third-order valence-corrected chi connectivity index (χ3v) is 4.97. The molecule has 0 bridgehead atoms. The maximum Gasteiger partial charge on any atom is 0.416 e. The normalized spacial score (nSPS) is 14.7. The first kappa shape index (κ1) is 20.2. The summed E-state index contributed by atoms with van der Waals surface area (Å²) in [5.74, 6) is 0.321. The van der Waals surface area contributed by atoms with Gasteiger partial charge in [-0.2, -0.15) is 13.2 Å². The van der Waals surface area contributed by atoms with Crippen LogP contribution in [0.5, 0.6) is 0 Å². The SMILES string of the molecule is O=C(c1cc(NCc2cccc(C(F)(F)F)c2)nc2ccccc12)N1CCOCC1. The smallest absolute Gasteiger partial charge is 0.378 e. The van der Waals surface area contributed by atoms with Crippen LogP contribution in [-0.4, -0.2) is 42.1 Å². The summed E-state index contributed by atoms with van der Waals surface area (Å²) >= 11 is 0. The van der Waals surface area contributed by atoms with Crippen molar-refractivity contribution in [3.63, 3.8) is 0 Å². The number of hydrogen-bond acceptors (Lipinski definition) is 4. The van der Waals surface area contributed by atoms with Gasteiger partial charge in [0.2, 0.25) is 0 Å². The van der Waals surface area contributed by atoms with Gasteiger partial charge in [-0.3, -0.25) is 4.79 Å². The van der Waals surface area contributed by atoms with Crippen molar-refractivity contribution < 1.29 is 22.7 Å². The van der Waals surface area contributed by atoms with E-state index >= 15 is 0 Å². The van der Waals surface area contributed by atoms with Crippen LogP contribution in [0.15, 0.2) is 54.6 Å². The van der Waals surface area contributed by atoms with Gasteiger partial charge in [0.25, 0.3) is 5.91 Å². The molecule has 0 atom stereocenters. The monoisotopic (exact) mass is 415 g/mol. The van der Waals surface area contributed by atoms with Crippen molar-refractivity contribution in [3.8, 4) is 0 Å². The number of nitrogens with zero attached hydrogens (tertiary/aromatic N) is 2. The molecule has 1 saturated heterocycles. The molecular weight excluding hydrogens is 395 g/mol. The molecule has 3 aromatic rings. The molecule has 0 aliphatic carbocycles. The van der Waals surface area contributed by atoms with Crippen LogP contribution >= 0.6 is 0 Å². The summed E-state index contributed by atoms with van der Waals surface area (Å²) in [6.45, 7) is 2.18. The second-order valence-corrected chi connectivity index (χ2v) is 7.03. The lowest BCUT2D eigenvalue weighted by molar-refractivity contribution is -0.137. The quantitative estimate of drug-likeness (QED) is 0.689. The number of aromatic nitrogens is 1. The Morgan fingerprint density at radius 3 is 2.60 bits per heavy atom. The number of fused-ring (bicyclic) bond motifs is 1. The van der Waals surface area contributed by atoms with Crippen molar-refractivity contribution in [1.82, 2.24) is 9.88 Å². The van der Waals surface area contributed by atoms with E-state index in [0.29, 0.717) is 48.8 Å². The number of morpholine rings is 1. The van der Waals surface area contributed by atoms with Crippen molar-refractivity contribution in [1.29, 1.82) is 0 Å². The molecule has 0 unspecified atom stereocenters. The number of pyridine rings is 1. The second-order valence-electron chi connectivity index (χ2n) is 7.03. The molecule has 1 aliphatic heterocycles. The van der Waals surface area contributed by atoms with Crippen LogP contribution in [-0.2, 0) is 17.5 Å². The topological polar surface area (TPSA) is 54.5 Å². The Morgan fingerprint density at radius 2 is 1.83 bits per heavy atom. The number of alkyl halides is 3. The first-order valence-corrected chi connectivity index (χ1v) is 9.58. The number of hydrogen-bond donors (Lipinski definition) is 1. The number of carbonyl (C=O) groups excluding carboxylic acids is 1. The third-order valence-electron chi connectivity index (χ3n) is 4.97. The molecule has 0 saturated carbocycles. The van der Waals surface area contributed by atoms with Crippen LogP contribution in [0.4, 0.5) is 19.0 Å². The van der Waals surface area contributed by atoms with E-state index in [1.807, 2.05) is 18.2 Å². The minimum Gasteiger partial charge on any atom is -0.378 e. The minimum atomic E-state index is -4.39. The fourth-order valence-electron chi connectivity index (χ4n) is 3.43. The summed E-state index contributed by atoms with van der Waals surface area (Å²) in [5, 5.41) is 3.79. The highest BCUT2D eigenvalue weighted by Crippen LogP contribution is 2.30. The van der Waals surface area contributed by atoms with E-state index in [0.717, 1.165) is 17.5 Å². The Kier molecular flexibility index (Phi) is 5.59. The number of nitrogens with one attached hydrogen (secondary N) is 1. The summed E-state index contributed by atoms with van der Waals surface area (Å²) in [6.07, 6.45) is -4.39. The molecule has 1 amide bonds. The van der Waals surface area contributed by atoms with Gasteiger partial charge < -0.3 is 15.0 Å². The van der Waals surface area contributed by atoms with Gasteiger partial charge in [-0.25, -0.2) is 4.98 Å². The molecule has 0 spiro atoms. The maximum absolute atomic E-state index is 13.1. The van der Waals surface area contributed by atoms with E-state index in [2.05, 4.69) is 10.3 Å². The number of carbonyl (C=O) groups is 1. The number of anilines is 1. The molecule has 1 aromatic heterocycles. The predicted molar refractivity (Wildman–Crippen MR) is 107 cm³/mol. The first-order chi connectivity index (χ1) is 14.4. The van der Waals surface area contributed by atoms with Crippen molar-refractivity contribution >= 4 is 22.6 Å². The van der Waals surface area contributed by atoms with Crippen LogP contribution in [0.1, 0.15) is 21.5 Å². The largest absolute Gasteiger partial charge is 0.416 e. The van der Waals surface area contributed by atoms with Crippen molar-refractivity contribution in [2.75, 3.05) is 31.6 Å². The number of benzene rings is 2. The Morgan fingerprint density at radius 1 is 1.07 bits per heavy atom. The Hall–Kier alpha value is -3.13. The molecule has 156 valence electrons. The molecule has 1 N–H and O–H groups in total. The van der Waals surface area contributed by atoms with E-state index in [9.17, 15) is 18.0 Å². The molecule has 4 rings (SSSR count). The molecule has 2 aromatic carbocycles. The van der Waals surface area contributed by atoms with Crippen molar-refractivity contribution in [2.24, 2.45) is 0 Å². The first-order valence-electron chi connectivity index (χ1n) is 9.58. The van der Waals surface area contributed by atoms with E-state index in [1.54, 1.807) is 23.1 Å². The van der Waals surface area contributed by atoms with Gasteiger partial charge in [0.1, 0.15) is 5.82 Å². The summed E-state index contributed by atoms with van der Waals surface area (Å²) in [4.78, 5) is 19.3. The number of rotatable bonds is 4. The average molecular weight is 415 g/mol. The average Bonchev–Trinajstić information content (AvgIpc) is 2.77. The number of ether oxygens (including phenoxy) is 1. The summed E-state index contributed by atoms with van der Waals surface area (Å²) in [5.41, 5.74) is 0.925. The fraction of sp³-hybridized carbons (Fsp3) is 0.273. The third kappa shape index (κ3) is 4.38. The molecular formula is C22H20F3N3O2. The lowest BCUT2D eigenvalue weighted by Gasteiger charge is -2.27. The van der Waals surface area contributed by atoms with Gasteiger partial charge in [-0.05, 0) is 29.8 Å². The van der Waals surface area contributed by atoms with E-state index in [1.165, 1.54) is 6.07 Å². The standard InChI is InChI=1S/C22H20F3N3O2/c23-22(24,25)16-5-3-4-15(12-16)14-26-20-13-18(17-6-1-2-7-19(17)27-20)21(29)28-8-10-30-11-9-28/h1-7,12-13H,8-11,14H2,(H,26,27). The minimum absolute atomic E-state index is 0.112. The number of halogens is 3. The highest BCUT2D eigenvalue weighted by molar-refractivity contribution is 6.07. The van der Waals surface area contributed by atoms with Gasteiger partial charge in [0.15, 0.2) is 0 Å². The van der Waals surface area contributed by atoms with Crippen LogP contribution in [0, 0.1) is 0 Å². The molecule has 5 nitrogen and oxygen atoms in total. The Bertz CT molecular complexity index is 1060. The van der Waals surface area contributed by atoms with Crippen LogP contribution in [0.3, 0.4) is 0 Å². The Balaban J connectivity index is 1.61. The van der Waals surface area contributed by atoms with Gasteiger partial charge in [0.05, 0.1) is 29.9 Å². The summed E-state index contributed by atoms with van der Waals surface area (Å²) < 4.78 is 44.1. The molecule has 2 heterocycles. The van der Waals surface area contributed by atoms with E-state index in [4.69, 9.17) is 4.74 Å². The predicted octanol–water partition coefficient (Wildman–Crippen LogP) is 4.34. The molecule has 0 radical (unpaired) electrons. The molecule has 30 heavy (non-hydrogen) atoms.